The molecule has 1 aromatic carbocycles. The summed E-state index contributed by atoms with van der Waals surface area (Å²) in [7, 11) is -3.46. The number of hydrogen-bond donors (Lipinski definition) is 2. The average molecular weight is 452 g/mol. The molecule has 130 valence electrons. The third-order valence-corrected chi connectivity index (χ3v) is 5.32. The number of benzene rings is 1. The maximum Gasteiger partial charge on any atom is 0.240 e. The second-order valence-corrected chi connectivity index (χ2v) is 7.39. The molecule has 0 aromatic heterocycles. The lowest BCUT2D eigenvalue weighted by atomic mass is 10.00. The minimum absolute atomic E-state index is 0. The second-order valence-electron chi connectivity index (χ2n) is 5.62. The Bertz CT molecular complexity index is 599. The van der Waals surface area contributed by atoms with Crippen LogP contribution in [0.5, 0.6) is 0 Å². The van der Waals surface area contributed by atoms with E-state index in [4.69, 9.17) is 5.73 Å². The molecule has 2 rings (SSSR count). The van der Waals surface area contributed by atoms with Gasteiger partial charge in [0.05, 0.1) is 11.4 Å². The quantitative estimate of drug-likeness (QED) is 0.308. The summed E-state index contributed by atoms with van der Waals surface area (Å²) in [6, 6.07) is 8.30. The largest absolute Gasteiger partial charge is 0.370 e. The molecule has 1 heterocycles. The van der Waals surface area contributed by atoms with Crippen LogP contribution in [0.15, 0.2) is 40.2 Å². The Morgan fingerprint density at radius 3 is 2.52 bits per heavy atom. The highest BCUT2D eigenvalue weighted by molar-refractivity contribution is 14.0. The predicted molar refractivity (Wildman–Crippen MR) is 104 cm³/mol. The first kappa shape index (κ1) is 20.2. The fourth-order valence-corrected chi connectivity index (χ4v) is 3.41. The summed E-state index contributed by atoms with van der Waals surface area (Å²) in [6.07, 6.45) is 2.24. The van der Waals surface area contributed by atoms with Crippen molar-refractivity contribution in [3.63, 3.8) is 0 Å². The van der Waals surface area contributed by atoms with Crippen LogP contribution in [0.2, 0.25) is 0 Å². The second kappa shape index (κ2) is 9.43. The Labute approximate surface area is 155 Å². The standard InChI is InChI=1S/C15H24N4O2S.HI/c1-13-7-11-19(12-8-13)15(16)17-9-10-18-22(20,21)14-5-3-2-4-6-14;/h2-6,13,18H,7-12H2,1H3,(H2,16,17);1H. The number of hydrogen-bond acceptors (Lipinski definition) is 3. The van der Waals surface area contributed by atoms with Gasteiger partial charge in [0.15, 0.2) is 5.96 Å². The molecule has 1 saturated heterocycles. The van der Waals surface area contributed by atoms with E-state index in [1.807, 2.05) is 0 Å². The first-order valence-electron chi connectivity index (χ1n) is 7.58. The number of sulfonamides is 1. The van der Waals surface area contributed by atoms with Crippen molar-refractivity contribution < 1.29 is 8.42 Å². The van der Waals surface area contributed by atoms with Gasteiger partial charge in [-0.1, -0.05) is 25.1 Å². The Hall–Kier alpha value is -0.870. The normalized spacial score (nSPS) is 16.9. The number of nitrogens with two attached hydrogens (primary N) is 1. The number of nitrogens with zero attached hydrogens (tertiary/aromatic N) is 2. The van der Waals surface area contributed by atoms with Crippen LogP contribution in [0.25, 0.3) is 0 Å². The van der Waals surface area contributed by atoms with Crippen LogP contribution in [0, 0.1) is 5.92 Å². The third-order valence-electron chi connectivity index (χ3n) is 3.84. The van der Waals surface area contributed by atoms with Crippen molar-refractivity contribution in [1.82, 2.24) is 9.62 Å². The van der Waals surface area contributed by atoms with Crippen LogP contribution in [-0.4, -0.2) is 45.5 Å². The molecule has 0 unspecified atom stereocenters. The molecule has 0 saturated carbocycles. The molecule has 0 spiro atoms. The number of nitrogens with one attached hydrogen (secondary N) is 1. The Kier molecular flexibility index (Phi) is 8.27. The van der Waals surface area contributed by atoms with E-state index in [2.05, 4.69) is 21.5 Å². The van der Waals surface area contributed by atoms with Gasteiger partial charge in [0.1, 0.15) is 0 Å². The fourth-order valence-electron chi connectivity index (χ4n) is 2.37. The summed E-state index contributed by atoms with van der Waals surface area (Å²) in [6.45, 7) is 4.66. The summed E-state index contributed by atoms with van der Waals surface area (Å²) < 4.78 is 26.6. The van der Waals surface area contributed by atoms with Gasteiger partial charge in [0.2, 0.25) is 10.0 Å². The summed E-state index contributed by atoms with van der Waals surface area (Å²) >= 11 is 0. The number of guanidine groups is 1. The number of rotatable bonds is 5. The predicted octanol–water partition coefficient (Wildman–Crippen LogP) is 1.63. The molecule has 1 aliphatic rings. The lowest BCUT2D eigenvalue weighted by Gasteiger charge is -2.31. The van der Waals surface area contributed by atoms with Crippen molar-refractivity contribution in [2.75, 3.05) is 26.2 Å². The van der Waals surface area contributed by atoms with Crippen LogP contribution >= 0.6 is 24.0 Å². The van der Waals surface area contributed by atoms with Crippen LogP contribution in [0.3, 0.4) is 0 Å². The molecule has 1 aromatic rings. The smallest absolute Gasteiger partial charge is 0.240 e. The summed E-state index contributed by atoms with van der Waals surface area (Å²) in [5.41, 5.74) is 5.95. The number of likely N-dealkylation sites (tertiary alicyclic amines) is 1. The zero-order chi connectivity index (χ0) is 16.0. The fraction of sp³-hybridized carbons (Fsp3) is 0.533. The molecule has 3 N–H and O–H groups in total. The molecule has 23 heavy (non-hydrogen) atoms. The van der Waals surface area contributed by atoms with Crippen molar-refractivity contribution in [2.45, 2.75) is 24.7 Å². The number of aliphatic imine (C=N–C) groups is 1. The molecule has 0 bridgehead atoms. The maximum atomic E-state index is 12.0. The highest BCUT2D eigenvalue weighted by Gasteiger charge is 2.17. The van der Waals surface area contributed by atoms with Gasteiger partial charge in [-0.25, -0.2) is 13.1 Å². The van der Waals surface area contributed by atoms with Gasteiger partial charge in [0.25, 0.3) is 0 Å². The number of halogens is 1. The minimum Gasteiger partial charge on any atom is -0.370 e. The van der Waals surface area contributed by atoms with Crippen molar-refractivity contribution in [1.29, 1.82) is 0 Å². The molecule has 6 nitrogen and oxygen atoms in total. The highest BCUT2D eigenvalue weighted by Crippen LogP contribution is 2.15. The zero-order valence-electron chi connectivity index (χ0n) is 13.3. The summed E-state index contributed by atoms with van der Waals surface area (Å²) in [5, 5.41) is 0. The first-order chi connectivity index (χ1) is 10.5. The molecule has 0 amide bonds. The highest BCUT2D eigenvalue weighted by atomic mass is 127. The van der Waals surface area contributed by atoms with Gasteiger partial charge in [0, 0.05) is 19.6 Å². The topological polar surface area (TPSA) is 87.8 Å². The van der Waals surface area contributed by atoms with E-state index in [0.29, 0.717) is 12.5 Å². The summed E-state index contributed by atoms with van der Waals surface area (Å²) in [4.78, 5) is 6.59. The molecular formula is C15H25IN4O2S. The van der Waals surface area contributed by atoms with E-state index in [-0.39, 0.29) is 35.4 Å². The minimum atomic E-state index is -3.46. The van der Waals surface area contributed by atoms with Crippen LogP contribution in [0.1, 0.15) is 19.8 Å². The SMILES string of the molecule is CC1CCN(C(N)=NCCNS(=O)(=O)c2ccccc2)CC1.I. The van der Waals surface area contributed by atoms with Gasteiger partial charge >= 0.3 is 0 Å². The van der Waals surface area contributed by atoms with Crippen LogP contribution in [-0.2, 0) is 10.0 Å². The molecule has 1 aliphatic heterocycles. The van der Waals surface area contributed by atoms with E-state index in [0.717, 1.165) is 31.8 Å². The van der Waals surface area contributed by atoms with E-state index < -0.39 is 10.0 Å². The summed E-state index contributed by atoms with van der Waals surface area (Å²) in [5.74, 6) is 1.24. The molecule has 0 atom stereocenters. The van der Waals surface area contributed by atoms with Crippen LogP contribution < -0.4 is 10.5 Å². The monoisotopic (exact) mass is 452 g/mol. The maximum absolute atomic E-state index is 12.0. The van der Waals surface area contributed by atoms with E-state index >= 15 is 0 Å². The Balaban J connectivity index is 0.00000264. The van der Waals surface area contributed by atoms with E-state index in [1.54, 1.807) is 30.3 Å². The van der Waals surface area contributed by atoms with E-state index in [1.165, 1.54) is 0 Å². The molecule has 0 radical (unpaired) electrons. The average Bonchev–Trinajstić information content (AvgIpc) is 2.53. The Morgan fingerprint density at radius 1 is 1.30 bits per heavy atom. The molecule has 0 aliphatic carbocycles. The van der Waals surface area contributed by atoms with Crippen molar-refractivity contribution in [2.24, 2.45) is 16.6 Å². The van der Waals surface area contributed by atoms with Gasteiger partial charge in [-0.15, -0.1) is 24.0 Å². The number of piperidine rings is 1. The zero-order valence-corrected chi connectivity index (χ0v) is 16.5. The van der Waals surface area contributed by atoms with E-state index in [9.17, 15) is 8.42 Å². The van der Waals surface area contributed by atoms with Crippen molar-refractivity contribution >= 4 is 40.0 Å². The molecule has 8 heteroatoms. The van der Waals surface area contributed by atoms with Crippen LogP contribution in [0.4, 0.5) is 0 Å². The van der Waals surface area contributed by atoms with Gasteiger partial charge in [-0.2, -0.15) is 0 Å². The lowest BCUT2D eigenvalue weighted by molar-refractivity contribution is 0.277. The lowest BCUT2D eigenvalue weighted by Crippen LogP contribution is -2.42. The first-order valence-corrected chi connectivity index (χ1v) is 9.07. The molecular weight excluding hydrogens is 427 g/mol. The van der Waals surface area contributed by atoms with Crippen molar-refractivity contribution in [3.8, 4) is 0 Å². The van der Waals surface area contributed by atoms with Gasteiger partial charge in [-0.05, 0) is 30.9 Å². The van der Waals surface area contributed by atoms with Gasteiger partial charge in [-0.3, -0.25) is 4.99 Å². The van der Waals surface area contributed by atoms with Gasteiger partial charge < -0.3 is 10.6 Å². The molecule has 1 fully saturated rings. The van der Waals surface area contributed by atoms with Crippen molar-refractivity contribution in [3.05, 3.63) is 30.3 Å². The Morgan fingerprint density at radius 2 is 1.91 bits per heavy atom. The third kappa shape index (κ3) is 6.27.